The summed E-state index contributed by atoms with van der Waals surface area (Å²) in [4.78, 5) is 13.4. The summed E-state index contributed by atoms with van der Waals surface area (Å²) in [6.07, 6.45) is 5.58. The number of esters is 1. The minimum absolute atomic E-state index is 0.126. The van der Waals surface area contributed by atoms with Crippen LogP contribution in [0.25, 0.3) is 0 Å². The lowest BCUT2D eigenvalue weighted by atomic mass is 10.2. The van der Waals surface area contributed by atoms with Crippen molar-refractivity contribution in [2.24, 2.45) is 0 Å². The fraction of sp³-hybridized carbons (Fsp3) is 0.615. The Labute approximate surface area is 102 Å². The second-order valence-corrected chi connectivity index (χ2v) is 4.46. The summed E-state index contributed by atoms with van der Waals surface area (Å²) in [5.74, 6) is 0.869. The number of hydrogen-bond donors (Lipinski definition) is 0. The number of methoxy groups -OCH3 is 1. The summed E-state index contributed by atoms with van der Waals surface area (Å²) in [6.45, 7) is 1.78. The maximum absolute atomic E-state index is 11.0. The van der Waals surface area contributed by atoms with E-state index in [1.165, 1.54) is 20.0 Å². The van der Waals surface area contributed by atoms with E-state index in [-0.39, 0.29) is 5.97 Å². The average Bonchev–Trinajstić information content (AvgIpc) is 3.06. The van der Waals surface area contributed by atoms with Crippen LogP contribution in [0.15, 0.2) is 22.8 Å². The van der Waals surface area contributed by atoms with E-state index in [1.54, 1.807) is 6.26 Å². The zero-order valence-electron chi connectivity index (χ0n) is 10.2. The maximum Gasteiger partial charge on any atom is 0.305 e. The van der Waals surface area contributed by atoms with Crippen molar-refractivity contribution >= 4 is 5.97 Å². The molecule has 1 fully saturated rings. The van der Waals surface area contributed by atoms with Crippen LogP contribution >= 0.6 is 0 Å². The van der Waals surface area contributed by atoms with Gasteiger partial charge < -0.3 is 9.15 Å². The molecule has 0 aliphatic heterocycles. The predicted molar refractivity (Wildman–Crippen MR) is 63.4 cm³/mol. The van der Waals surface area contributed by atoms with E-state index >= 15 is 0 Å². The van der Waals surface area contributed by atoms with Gasteiger partial charge in [0, 0.05) is 12.5 Å². The fourth-order valence-corrected chi connectivity index (χ4v) is 1.96. The van der Waals surface area contributed by atoms with Crippen LogP contribution in [-0.2, 0) is 16.1 Å². The van der Waals surface area contributed by atoms with Crippen molar-refractivity contribution in [2.45, 2.75) is 38.3 Å². The lowest BCUT2D eigenvalue weighted by Crippen LogP contribution is -2.27. The first-order valence-electron chi connectivity index (χ1n) is 6.13. The zero-order chi connectivity index (χ0) is 12.1. The third-order valence-electron chi connectivity index (χ3n) is 3.06. The maximum atomic E-state index is 11.0. The van der Waals surface area contributed by atoms with Crippen molar-refractivity contribution in [2.75, 3.05) is 13.7 Å². The Kier molecular flexibility index (Phi) is 4.20. The van der Waals surface area contributed by atoms with Gasteiger partial charge in [0.15, 0.2) is 0 Å². The fourth-order valence-electron chi connectivity index (χ4n) is 1.96. The molecule has 0 unspecified atom stereocenters. The Morgan fingerprint density at radius 2 is 2.41 bits per heavy atom. The van der Waals surface area contributed by atoms with E-state index < -0.39 is 0 Å². The molecular weight excluding hydrogens is 218 g/mol. The topological polar surface area (TPSA) is 42.7 Å². The third kappa shape index (κ3) is 3.89. The van der Waals surface area contributed by atoms with Gasteiger partial charge in [0.25, 0.3) is 0 Å². The number of carbonyl (C=O) groups is 1. The molecule has 0 bridgehead atoms. The monoisotopic (exact) mass is 237 g/mol. The van der Waals surface area contributed by atoms with Gasteiger partial charge in [-0.3, -0.25) is 9.69 Å². The molecule has 17 heavy (non-hydrogen) atoms. The van der Waals surface area contributed by atoms with Gasteiger partial charge in [-0.25, -0.2) is 0 Å². The minimum Gasteiger partial charge on any atom is -0.469 e. The number of hydrogen-bond acceptors (Lipinski definition) is 4. The summed E-state index contributed by atoms with van der Waals surface area (Å²) in [7, 11) is 1.43. The van der Waals surface area contributed by atoms with Crippen molar-refractivity contribution in [1.29, 1.82) is 0 Å². The van der Waals surface area contributed by atoms with Gasteiger partial charge in [-0.15, -0.1) is 0 Å². The van der Waals surface area contributed by atoms with Gasteiger partial charge in [-0.1, -0.05) is 0 Å². The van der Waals surface area contributed by atoms with Crippen molar-refractivity contribution in [3.63, 3.8) is 0 Å². The molecule has 94 valence electrons. The highest BCUT2D eigenvalue weighted by Gasteiger charge is 2.29. The normalized spacial score (nSPS) is 15.2. The minimum atomic E-state index is -0.126. The van der Waals surface area contributed by atoms with E-state index in [1.807, 2.05) is 12.1 Å². The number of nitrogens with zero attached hydrogens (tertiary/aromatic N) is 1. The van der Waals surface area contributed by atoms with E-state index in [0.717, 1.165) is 25.3 Å². The van der Waals surface area contributed by atoms with E-state index in [4.69, 9.17) is 4.42 Å². The number of ether oxygens (including phenoxy) is 1. The zero-order valence-corrected chi connectivity index (χ0v) is 10.2. The highest BCUT2D eigenvalue weighted by molar-refractivity contribution is 5.69. The molecule has 4 nitrogen and oxygen atoms in total. The summed E-state index contributed by atoms with van der Waals surface area (Å²) in [6, 6.07) is 4.59. The summed E-state index contributed by atoms with van der Waals surface area (Å²) in [5.41, 5.74) is 0. The molecule has 0 saturated heterocycles. The highest BCUT2D eigenvalue weighted by Crippen LogP contribution is 2.28. The Morgan fingerprint density at radius 1 is 1.59 bits per heavy atom. The lowest BCUT2D eigenvalue weighted by Gasteiger charge is -2.20. The first kappa shape index (κ1) is 12.2. The van der Waals surface area contributed by atoms with Crippen LogP contribution in [0, 0.1) is 0 Å². The predicted octanol–water partition coefficient (Wildman–Crippen LogP) is 2.20. The molecule has 0 radical (unpaired) electrons. The second kappa shape index (κ2) is 5.87. The molecule has 0 atom stereocenters. The van der Waals surface area contributed by atoms with Crippen molar-refractivity contribution in [3.8, 4) is 0 Å². The Hall–Kier alpha value is -1.29. The van der Waals surface area contributed by atoms with Crippen LogP contribution in [0.4, 0.5) is 0 Å². The molecule has 4 heteroatoms. The average molecular weight is 237 g/mol. The van der Waals surface area contributed by atoms with Crippen LogP contribution in [0.1, 0.15) is 31.4 Å². The van der Waals surface area contributed by atoms with Crippen molar-refractivity contribution in [1.82, 2.24) is 4.90 Å². The molecule has 1 aliphatic carbocycles. The van der Waals surface area contributed by atoms with Crippen LogP contribution in [-0.4, -0.2) is 30.6 Å². The van der Waals surface area contributed by atoms with Crippen molar-refractivity contribution < 1.29 is 13.9 Å². The molecule has 1 aliphatic rings. The molecule has 1 aromatic rings. The standard InChI is InChI=1S/C13H19NO3/c1-16-13(15)5-2-8-14(11-6-7-11)10-12-4-3-9-17-12/h3-4,9,11H,2,5-8,10H2,1H3. The largest absolute Gasteiger partial charge is 0.469 e. The SMILES string of the molecule is COC(=O)CCCN(Cc1ccco1)C1CC1. The molecule has 1 saturated carbocycles. The van der Waals surface area contributed by atoms with Gasteiger partial charge in [-0.2, -0.15) is 0 Å². The molecule has 2 rings (SSSR count). The number of rotatable bonds is 7. The van der Waals surface area contributed by atoms with Gasteiger partial charge in [0.1, 0.15) is 5.76 Å². The molecule has 1 aromatic heterocycles. The highest BCUT2D eigenvalue weighted by atomic mass is 16.5. The molecule has 0 aromatic carbocycles. The molecular formula is C13H19NO3. The first-order valence-corrected chi connectivity index (χ1v) is 6.13. The van der Waals surface area contributed by atoms with Gasteiger partial charge in [-0.05, 0) is 37.9 Å². The molecule has 1 heterocycles. The van der Waals surface area contributed by atoms with E-state index in [2.05, 4.69) is 9.64 Å². The number of carbonyl (C=O) groups excluding carboxylic acids is 1. The number of furan rings is 1. The molecule has 0 spiro atoms. The van der Waals surface area contributed by atoms with Gasteiger partial charge >= 0.3 is 5.97 Å². The molecule has 0 amide bonds. The van der Waals surface area contributed by atoms with E-state index in [0.29, 0.717) is 12.5 Å². The third-order valence-corrected chi connectivity index (χ3v) is 3.06. The quantitative estimate of drug-likeness (QED) is 0.682. The molecule has 0 N–H and O–H groups in total. The Bertz CT molecular complexity index is 344. The first-order chi connectivity index (χ1) is 8.29. The summed E-state index contributed by atoms with van der Waals surface area (Å²) < 4.78 is 10.00. The van der Waals surface area contributed by atoms with E-state index in [9.17, 15) is 4.79 Å². The Morgan fingerprint density at radius 3 is 3.00 bits per heavy atom. The van der Waals surface area contributed by atoms with Gasteiger partial charge in [0.2, 0.25) is 0 Å². The smallest absolute Gasteiger partial charge is 0.305 e. The van der Waals surface area contributed by atoms with Crippen LogP contribution in [0.3, 0.4) is 0 Å². The summed E-state index contributed by atoms with van der Waals surface area (Å²) >= 11 is 0. The van der Waals surface area contributed by atoms with Crippen molar-refractivity contribution in [3.05, 3.63) is 24.2 Å². The summed E-state index contributed by atoms with van der Waals surface area (Å²) in [5, 5.41) is 0. The lowest BCUT2D eigenvalue weighted by molar-refractivity contribution is -0.140. The Balaban J connectivity index is 1.75. The van der Waals surface area contributed by atoms with Crippen LogP contribution in [0.2, 0.25) is 0 Å². The van der Waals surface area contributed by atoms with Crippen LogP contribution < -0.4 is 0 Å². The van der Waals surface area contributed by atoms with Crippen LogP contribution in [0.5, 0.6) is 0 Å². The van der Waals surface area contributed by atoms with Gasteiger partial charge in [0.05, 0.1) is 19.9 Å². The second-order valence-electron chi connectivity index (χ2n) is 4.46.